The molecule has 1 atom stereocenters. The van der Waals surface area contributed by atoms with E-state index in [-0.39, 0.29) is 11.9 Å². The van der Waals surface area contributed by atoms with E-state index in [9.17, 15) is 9.59 Å². The zero-order valence-electron chi connectivity index (χ0n) is 16.1. The average Bonchev–Trinajstić information content (AvgIpc) is 2.94. The van der Waals surface area contributed by atoms with Crippen LogP contribution in [0.25, 0.3) is 0 Å². The molecule has 2 heterocycles. The molecule has 148 valence electrons. The summed E-state index contributed by atoms with van der Waals surface area (Å²) in [5.74, 6) is 0.783. The van der Waals surface area contributed by atoms with Crippen LogP contribution in [0.2, 0.25) is 0 Å². The molecule has 1 aliphatic rings. The summed E-state index contributed by atoms with van der Waals surface area (Å²) in [5.41, 5.74) is 6.73. The lowest BCUT2D eigenvalue weighted by molar-refractivity contribution is -0.130. The first kappa shape index (κ1) is 19.7. The normalized spacial score (nSPS) is 16.9. The van der Waals surface area contributed by atoms with Crippen molar-refractivity contribution in [1.29, 1.82) is 0 Å². The number of amides is 2. The predicted octanol–water partition coefficient (Wildman–Crippen LogP) is 2.22. The highest BCUT2D eigenvalue weighted by atomic mass is 16.5. The Kier molecular flexibility index (Phi) is 6.47. The lowest BCUT2D eigenvalue weighted by Crippen LogP contribution is -2.40. The minimum Gasteiger partial charge on any atom is -0.497 e. The maximum absolute atomic E-state index is 12.9. The van der Waals surface area contributed by atoms with E-state index in [4.69, 9.17) is 10.5 Å². The summed E-state index contributed by atoms with van der Waals surface area (Å²) in [6.45, 7) is 1.30. The fourth-order valence-electron chi connectivity index (χ4n) is 3.47. The van der Waals surface area contributed by atoms with Gasteiger partial charge in [0, 0.05) is 25.3 Å². The van der Waals surface area contributed by atoms with Gasteiger partial charge < -0.3 is 20.7 Å². The van der Waals surface area contributed by atoms with Crippen molar-refractivity contribution >= 4 is 17.6 Å². The molecule has 1 aromatic carbocycles. The van der Waals surface area contributed by atoms with Gasteiger partial charge in [-0.2, -0.15) is 0 Å². The van der Waals surface area contributed by atoms with Gasteiger partial charge in [0.15, 0.2) is 0 Å². The van der Waals surface area contributed by atoms with Crippen LogP contribution in [0, 0.1) is 0 Å². The number of anilines is 1. The minimum absolute atomic E-state index is 0.0183. The van der Waals surface area contributed by atoms with E-state index >= 15 is 0 Å². The van der Waals surface area contributed by atoms with Gasteiger partial charge in [-0.25, -0.2) is 4.98 Å². The summed E-state index contributed by atoms with van der Waals surface area (Å²) in [7, 11) is 1.62. The maximum atomic E-state index is 12.9. The van der Waals surface area contributed by atoms with Gasteiger partial charge >= 0.3 is 0 Å². The van der Waals surface area contributed by atoms with Crippen molar-refractivity contribution in [3.8, 4) is 5.75 Å². The second kappa shape index (κ2) is 9.21. The molecule has 1 saturated heterocycles. The largest absolute Gasteiger partial charge is 0.497 e. The molecule has 0 spiro atoms. The van der Waals surface area contributed by atoms with Gasteiger partial charge in [-0.05, 0) is 49.1 Å². The molecule has 7 nitrogen and oxygen atoms in total. The number of aromatic nitrogens is 1. The zero-order chi connectivity index (χ0) is 19.9. The monoisotopic (exact) mass is 382 g/mol. The molecule has 28 heavy (non-hydrogen) atoms. The number of hydrogen-bond donors (Lipinski definition) is 2. The van der Waals surface area contributed by atoms with E-state index in [0.717, 1.165) is 37.1 Å². The predicted molar refractivity (Wildman–Crippen MR) is 107 cm³/mol. The van der Waals surface area contributed by atoms with Crippen LogP contribution < -0.4 is 15.8 Å². The quantitative estimate of drug-likeness (QED) is 0.798. The number of rotatable bonds is 6. The van der Waals surface area contributed by atoms with E-state index < -0.39 is 5.91 Å². The first-order valence-electron chi connectivity index (χ1n) is 9.49. The van der Waals surface area contributed by atoms with Crippen molar-refractivity contribution in [3.63, 3.8) is 0 Å². The number of likely N-dealkylation sites (tertiary alicyclic amines) is 1. The number of carbonyl (C=O) groups excluding carboxylic acids is 2. The van der Waals surface area contributed by atoms with Gasteiger partial charge in [-0.1, -0.05) is 12.1 Å². The number of hydrogen-bond acceptors (Lipinski definition) is 5. The average molecular weight is 382 g/mol. The molecule has 3 N–H and O–H groups in total. The Morgan fingerprint density at radius 2 is 2.14 bits per heavy atom. The Morgan fingerprint density at radius 3 is 2.93 bits per heavy atom. The summed E-state index contributed by atoms with van der Waals surface area (Å²) < 4.78 is 5.24. The van der Waals surface area contributed by atoms with Gasteiger partial charge in [-0.15, -0.1) is 0 Å². The first-order chi connectivity index (χ1) is 13.6. The van der Waals surface area contributed by atoms with Crippen LogP contribution in [0.5, 0.6) is 5.75 Å². The third kappa shape index (κ3) is 5.00. The Labute approximate surface area is 164 Å². The number of primary amides is 1. The molecule has 1 aromatic heterocycles. The molecule has 0 radical (unpaired) electrons. The third-order valence-electron chi connectivity index (χ3n) is 4.93. The number of pyridine rings is 1. The Balaban J connectivity index is 1.68. The molecule has 3 rings (SSSR count). The molecular formula is C21H26N4O3. The molecular weight excluding hydrogens is 356 g/mol. The van der Waals surface area contributed by atoms with Crippen LogP contribution in [0.3, 0.4) is 0 Å². The van der Waals surface area contributed by atoms with Crippen LogP contribution in [-0.4, -0.2) is 47.9 Å². The Bertz CT molecular complexity index is 840. The van der Waals surface area contributed by atoms with Crippen LogP contribution in [0.15, 0.2) is 42.6 Å². The summed E-state index contributed by atoms with van der Waals surface area (Å²) in [5, 5.41) is 3.31. The zero-order valence-corrected chi connectivity index (χ0v) is 16.1. The van der Waals surface area contributed by atoms with Crippen molar-refractivity contribution in [1.82, 2.24) is 9.88 Å². The van der Waals surface area contributed by atoms with Gasteiger partial charge in [0.1, 0.15) is 11.6 Å². The lowest BCUT2D eigenvalue weighted by atomic mass is 10.1. The summed E-state index contributed by atoms with van der Waals surface area (Å²) in [6.07, 6.45) is 4.81. The molecule has 0 bridgehead atoms. The third-order valence-corrected chi connectivity index (χ3v) is 4.93. The van der Waals surface area contributed by atoms with Crippen molar-refractivity contribution in [2.45, 2.75) is 31.7 Å². The molecule has 2 amide bonds. The highest BCUT2D eigenvalue weighted by Crippen LogP contribution is 2.19. The fourth-order valence-corrected chi connectivity index (χ4v) is 3.47. The van der Waals surface area contributed by atoms with E-state index in [1.807, 2.05) is 29.2 Å². The van der Waals surface area contributed by atoms with Crippen molar-refractivity contribution in [2.75, 3.05) is 25.5 Å². The smallest absolute Gasteiger partial charge is 0.252 e. The van der Waals surface area contributed by atoms with Gasteiger partial charge in [0.05, 0.1) is 19.1 Å². The standard InChI is InChI=1S/C21H26N4O3/c1-28-17-8-4-6-15(12-17)13-19(26)25-11-3-2-7-16(14-25)24-21-18(20(22)27)9-5-10-23-21/h4-6,8-10,12,16H,2-3,7,11,13-14H2,1H3,(H2,22,27)(H,23,24). The van der Waals surface area contributed by atoms with Crippen molar-refractivity contribution in [2.24, 2.45) is 5.73 Å². The minimum atomic E-state index is -0.518. The van der Waals surface area contributed by atoms with E-state index in [2.05, 4.69) is 10.3 Å². The SMILES string of the molecule is COc1cccc(CC(=O)N2CCCCC(Nc3ncccc3C(N)=O)C2)c1. The van der Waals surface area contributed by atoms with Gasteiger partial charge in [0.25, 0.3) is 5.91 Å². The van der Waals surface area contributed by atoms with Crippen LogP contribution in [0.4, 0.5) is 5.82 Å². The lowest BCUT2D eigenvalue weighted by Gasteiger charge is -2.26. The number of nitrogens with one attached hydrogen (secondary N) is 1. The van der Waals surface area contributed by atoms with Gasteiger partial charge in [-0.3, -0.25) is 9.59 Å². The van der Waals surface area contributed by atoms with E-state index in [0.29, 0.717) is 24.3 Å². The molecule has 0 aliphatic carbocycles. The highest BCUT2D eigenvalue weighted by molar-refractivity contribution is 5.97. The highest BCUT2D eigenvalue weighted by Gasteiger charge is 2.23. The Hall–Kier alpha value is -3.09. The number of nitrogens with zero attached hydrogens (tertiary/aromatic N) is 2. The maximum Gasteiger partial charge on any atom is 0.252 e. The number of benzene rings is 1. The Morgan fingerprint density at radius 1 is 1.29 bits per heavy atom. The van der Waals surface area contributed by atoms with Crippen molar-refractivity contribution in [3.05, 3.63) is 53.7 Å². The van der Waals surface area contributed by atoms with Gasteiger partial charge in [0.2, 0.25) is 5.91 Å². The molecule has 1 fully saturated rings. The van der Waals surface area contributed by atoms with E-state index in [1.165, 1.54) is 0 Å². The first-order valence-corrected chi connectivity index (χ1v) is 9.49. The molecule has 7 heteroatoms. The second-order valence-electron chi connectivity index (χ2n) is 6.97. The molecule has 0 saturated carbocycles. The van der Waals surface area contributed by atoms with E-state index in [1.54, 1.807) is 25.4 Å². The number of ether oxygens (including phenoxy) is 1. The topological polar surface area (TPSA) is 97.6 Å². The van der Waals surface area contributed by atoms with Crippen LogP contribution >= 0.6 is 0 Å². The van der Waals surface area contributed by atoms with Crippen molar-refractivity contribution < 1.29 is 14.3 Å². The number of carbonyl (C=O) groups is 2. The summed E-state index contributed by atoms with van der Waals surface area (Å²) in [6, 6.07) is 10.9. The second-order valence-corrected chi connectivity index (χ2v) is 6.97. The van der Waals surface area contributed by atoms with Crippen LogP contribution in [-0.2, 0) is 11.2 Å². The number of methoxy groups -OCH3 is 1. The fraction of sp³-hybridized carbons (Fsp3) is 0.381. The summed E-state index contributed by atoms with van der Waals surface area (Å²) in [4.78, 5) is 30.6. The van der Waals surface area contributed by atoms with Crippen LogP contribution in [0.1, 0.15) is 35.2 Å². The molecule has 2 aromatic rings. The molecule has 1 unspecified atom stereocenters. The summed E-state index contributed by atoms with van der Waals surface area (Å²) >= 11 is 0. The molecule has 1 aliphatic heterocycles. The number of nitrogens with two attached hydrogens (primary N) is 1.